The van der Waals surface area contributed by atoms with E-state index >= 15 is 0 Å². The first-order valence-electron chi connectivity index (χ1n) is 8.86. The largest absolute Gasteiger partial charge is 0.354 e. The van der Waals surface area contributed by atoms with Crippen molar-refractivity contribution >= 4 is 60.1 Å². The van der Waals surface area contributed by atoms with Crippen LogP contribution in [0.1, 0.15) is 17.4 Å². The summed E-state index contributed by atoms with van der Waals surface area (Å²) >= 11 is 1.99. The summed E-state index contributed by atoms with van der Waals surface area (Å²) in [6.45, 7) is 2.31. The van der Waals surface area contributed by atoms with Gasteiger partial charge in [-0.1, -0.05) is 61.5 Å². The molecule has 0 aliphatic heterocycles. The number of rotatable bonds is 0. The van der Waals surface area contributed by atoms with Gasteiger partial charge in [0.25, 0.3) is 0 Å². The molecule has 0 radical (unpaired) electrons. The highest BCUT2D eigenvalue weighted by Crippen LogP contribution is 2.46. The minimum atomic E-state index is 0.630. The molecule has 2 aromatic heterocycles. The molecule has 3 aromatic carbocycles. The Bertz CT molecular complexity index is 1330. The fourth-order valence-corrected chi connectivity index (χ4v) is 5.86. The molecule has 1 atom stereocenters. The Morgan fingerprint density at radius 2 is 1.68 bits per heavy atom. The van der Waals surface area contributed by atoms with Crippen molar-refractivity contribution in [2.45, 2.75) is 13.3 Å². The number of thiophene rings is 1. The molecule has 2 heteroatoms. The minimum absolute atomic E-state index is 0.630. The Hall–Kier alpha value is -2.58. The Balaban J connectivity index is 1.97. The number of aromatic amines is 1. The summed E-state index contributed by atoms with van der Waals surface area (Å²) in [5.74, 6) is 0.630. The maximum atomic E-state index is 3.70. The number of fused-ring (bicyclic) bond motifs is 10. The van der Waals surface area contributed by atoms with Gasteiger partial charge in [-0.25, -0.2) is 0 Å². The molecule has 25 heavy (non-hydrogen) atoms. The number of benzene rings is 3. The number of hydrogen-bond donors (Lipinski definition) is 1. The van der Waals surface area contributed by atoms with Crippen LogP contribution in [0.3, 0.4) is 0 Å². The first-order valence-corrected chi connectivity index (χ1v) is 9.67. The monoisotopic (exact) mass is 339 g/mol. The average Bonchev–Trinajstić information content (AvgIpc) is 3.19. The molecule has 5 aromatic rings. The van der Waals surface area contributed by atoms with Crippen LogP contribution < -0.4 is 0 Å². The van der Waals surface area contributed by atoms with E-state index in [9.17, 15) is 0 Å². The summed E-state index contributed by atoms with van der Waals surface area (Å²) in [5.41, 5.74) is 3.94. The molecule has 0 saturated heterocycles. The highest BCUT2D eigenvalue weighted by atomic mass is 32.1. The zero-order valence-corrected chi connectivity index (χ0v) is 14.8. The second-order valence-corrected chi connectivity index (χ2v) is 8.25. The van der Waals surface area contributed by atoms with E-state index in [4.69, 9.17) is 0 Å². The molecule has 0 amide bonds. The number of nitrogens with one attached hydrogen (secondary N) is 1. The van der Waals surface area contributed by atoms with E-state index in [-0.39, 0.29) is 0 Å². The van der Waals surface area contributed by atoms with Gasteiger partial charge >= 0.3 is 0 Å². The second-order valence-electron chi connectivity index (χ2n) is 7.15. The Morgan fingerprint density at radius 1 is 0.920 bits per heavy atom. The lowest BCUT2D eigenvalue weighted by atomic mass is 9.93. The van der Waals surface area contributed by atoms with Gasteiger partial charge < -0.3 is 4.98 Å². The molecule has 120 valence electrons. The van der Waals surface area contributed by atoms with Crippen molar-refractivity contribution in [2.75, 3.05) is 0 Å². The maximum Gasteiger partial charge on any atom is 0.0551 e. The van der Waals surface area contributed by atoms with Crippen LogP contribution in [0.15, 0.2) is 54.6 Å². The van der Waals surface area contributed by atoms with Crippen molar-refractivity contribution in [1.29, 1.82) is 0 Å². The molecule has 1 aliphatic carbocycles. The molecule has 6 rings (SSSR count). The number of hydrogen-bond acceptors (Lipinski definition) is 1. The molecule has 1 nitrogen and oxygen atoms in total. The van der Waals surface area contributed by atoms with E-state index in [0.29, 0.717) is 5.92 Å². The predicted octanol–water partition coefficient (Wildman–Crippen LogP) is 6.89. The third kappa shape index (κ3) is 1.73. The van der Waals surface area contributed by atoms with Crippen molar-refractivity contribution in [2.24, 2.45) is 5.92 Å². The SMILES string of the molecule is CC1C=Cc2c(sc3c4ccccc4c4[nH]c5ccccc5c4c23)C1. The van der Waals surface area contributed by atoms with Gasteiger partial charge in [-0.15, -0.1) is 11.3 Å². The average molecular weight is 339 g/mol. The molecule has 1 unspecified atom stereocenters. The minimum Gasteiger partial charge on any atom is -0.354 e. The van der Waals surface area contributed by atoms with Crippen LogP contribution in [0.4, 0.5) is 0 Å². The Labute approximate surface area is 149 Å². The predicted molar refractivity (Wildman–Crippen MR) is 111 cm³/mol. The normalized spacial score (nSPS) is 17.1. The fourth-order valence-electron chi connectivity index (χ4n) is 4.38. The van der Waals surface area contributed by atoms with Gasteiger partial charge in [-0.3, -0.25) is 0 Å². The lowest BCUT2D eigenvalue weighted by molar-refractivity contribution is 0.728. The van der Waals surface area contributed by atoms with E-state index in [0.717, 1.165) is 6.42 Å². The van der Waals surface area contributed by atoms with Gasteiger partial charge in [0.1, 0.15) is 0 Å². The first kappa shape index (κ1) is 13.7. The van der Waals surface area contributed by atoms with Crippen LogP contribution in [-0.4, -0.2) is 4.98 Å². The summed E-state index contributed by atoms with van der Waals surface area (Å²) in [5, 5.41) is 6.87. The molecule has 0 spiro atoms. The lowest BCUT2D eigenvalue weighted by Crippen LogP contribution is -1.99. The number of para-hydroxylation sites is 1. The number of allylic oxidation sites excluding steroid dienone is 1. The molecular weight excluding hydrogens is 322 g/mol. The molecular formula is C23H17NS. The first-order chi connectivity index (χ1) is 12.3. The fraction of sp³-hybridized carbons (Fsp3) is 0.130. The zero-order valence-electron chi connectivity index (χ0n) is 14.0. The third-order valence-corrected chi connectivity index (χ3v) is 6.78. The van der Waals surface area contributed by atoms with Gasteiger partial charge in [-0.05, 0) is 24.0 Å². The van der Waals surface area contributed by atoms with Crippen LogP contribution in [-0.2, 0) is 6.42 Å². The van der Waals surface area contributed by atoms with Crippen LogP contribution >= 0.6 is 11.3 Å². The quantitative estimate of drug-likeness (QED) is 0.316. The summed E-state index contributed by atoms with van der Waals surface area (Å²) in [6, 6.07) is 17.5. The van der Waals surface area contributed by atoms with Crippen LogP contribution in [0.5, 0.6) is 0 Å². The molecule has 1 aliphatic rings. The van der Waals surface area contributed by atoms with Gasteiger partial charge in [0.05, 0.1) is 5.52 Å². The number of H-pyrrole nitrogens is 1. The van der Waals surface area contributed by atoms with Gasteiger partial charge in [-0.2, -0.15) is 0 Å². The Kier molecular flexibility index (Phi) is 2.59. The van der Waals surface area contributed by atoms with Crippen molar-refractivity contribution < 1.29 is 0 Å². The van der Waals surface area contributed by atoms with E-state index in [1.165, 1.54) is 53.1 Å². The molecule has 0 bridgehead atoms. The highest BCUT2D eigenvalue weighted by molar-refractivity contribution is 7.20. The second kappa shape index (κ2) is 4.74. The topological polar surface area (TPSA) is 15.8 Å². The van der Waals surface area contributed by atoms with Crippen molar-refractivity contribution in [3.8, 4) is 0 Å². The van der Waals surface area contributed by atoms with Crippen molar-refractivity contribution in [1.82, 2.24) is 4.98 Å². The van der Waals surface area contributed by atoms with E-state index in [2.05, 4.69) is 72.6 Å². The van der Waals surface area contributed by atoms with Gasteiger partial charge in [0.2, 0.25) is 0 Å². The van der Waals surface area contributed by atoms with E-state index in [1.807, 2.05) is 11.3 Å². The van der Waals surface area contributed by atoms with Gasteiger partial charge in [0.15, 0.2) is 0 Å². The van der Waals surface area contributed by atoms with Crippen LogP contribution in [0.25, 0.3) is 48.7 Å². The summed E-state index contributed by atoms with van der Waals surface area (Å²) in [6.07, 6.45) is 5.88. The molecule has 2 heterocycles. The zero-order chi connectivity index (χ0) is 16.5. The molecule has 0 saturated carbocycles. The molecule has 1 N–H and O–H groups in total. The van der Waals surface area contributed by atoms with Gasteiger partial charge in [0, 0.05) is 42.0 Å². The summed E-state index contributed by atoms with van der Waals surface area (Å²) in [7, 11) is 0. The van der Waals surface area contributed by atoms with Crippen molar-refractivity contribution in [3.05, 3.63) is 65.0 Å². The summed E-state index contributed by atoms with van der Waals surface area (Å²) < 4.78 is 1.44. The standard InChI is InChI=1S/C23H17NS/c1-13-10-11-17-19(12-13)25-23-15-7-3-2-6-14(15)22-20(21(17)23)16-8-4-5-9-18(16)24-22/h2-11,13,24H,12H2,1H3. The highest BCUT2D eigenvalue weighted by Gasteiger charge is 2.22. The van der Waals surface area contributed by atoms with E-state index < -0.39 is 0 Å². The van der Waals surface area contributed by atoms with Crippen LogP contribution in [0.2, 0.25) is 0 Å². The molecule has 0 fully saturated rings. The smallest absolute Gasteiger partial charge is 0.0551 e. The lowest BCUT2D eigenvalue weighted by Gasteiger charge is -2.11. The number of aromatic nitrogens is 1. The summed E-state index contributed by atoms with van der Waals surface area (Å²) in [4.78, 5) is 5.23. The Morgan fingerprint density at radius 3 is 2.56 bits per heavy atom. The van der Waals surface area contributed by atoms with Crippen molar-refractivity contribution in [3.63, 3.8) is 0 Å². The van der Waals surface area contributed by atoms with E-state index in [1.54, 1.807) is 0 Å². The van der Waals surface area contributed by atoms with Crippen LogP contribution in [0, 0.1) is 5.92 Å². The maximum absolute atomic E-state index is 3.70. The third-order valence-electron chi connectivity index (χ3n) is 5.52.